The fraction of sp³-hybridized carbons (Fsp3) is 0. The Morgan fingerprint density at radius 2 is 1.85 bits per heavy atom. The molecule has 20 heavy (non-hydrogen) atoms. The van der Waals surface area contributed by atoms with E-state index in [0.717, 1.165) is 0 Å². The highest BCUT2D eigenvalue weighted by molar-refractivity contribution is 9.11. The number of amides is 1. The van der Waals surface area contributed by atoms with E-state index in [1.807, 2.05) is 0 Å². The van der Waals surface area contributed by atoms with Crippen molar-refractivity contribution >= 4 is 76.7 Å². The average molecular weight is 484 g/mol. The Morgan fingerprint density at radius 1 is 1.15 bits per heavy atom. The number of carbonyl (C=O) groups is 2. The molecular formula is C12H6Br3NO3S. The molecule has 4 nitrogen and oxygen atoms in total. The van der Waals surface area contributed by atoms with E-state index in [-0.39, 0.29) is 17.2 Å². The molecule has 2 aromatic rings. The number of carboxylic acids is 1. The van der Waals surface area contributed by atoms with Gasteiger partial charge in [0.05, 0.1) is 11.3 Å². The van der Waals surface area contributed by atoms with Crippen molar-refractivity contribution in [1.29, 1.82) is 0 Å². The molecule has 1 heterocycles. The third-order valence-corrected chi connectivity index (χ3v) is 5.27. The van der Waals surface area contributed by atoms with Crippen molar-refractivity contribution in [3.63, 3.8) is 0 Å². The van der Waals surface area contributed by atoms with E-state index in [4.69, 9.17) is 0 Å². The van der Waals surface area contributed by atoms with Gasteiger partial charge in [0.15, 0.2) is 0 Å². The summed E-state index contributed by atoms with van der Waals surface area (Å²) >= 11 is 11.0. The molecule has 2 rings (SSSR count). The van der Waals surface area contributed by atoms with E-state index >= 15 is 0 Å². The first kappa shape index (κ1) is 15.7. The molecule has 0 saturated carbocycles. The summed E-state index contributed by atoms with van der Waals surface area (Å²) in [6.07, 6.45) is 0. The van der Waals surface area contributed by atoms with Crippen LogP contribution in [0.4, 0.5) is 5.69 Å². The molecule has 2 N–H and O–H groups in total. The van der Waals surface area contributed by atoms with Crippen molar-refractivity contribution in [3.05, 3.63) is 47.4 Å². The van der Waals surface area contributed by atoms with Gasteiger partial charge in [-0.05, 0) is 55.4 Å². The summed E-state index contributed by atoms with van der Waals surface area (Å²) in [6, 6.07) is 4.87. The van der Waals surface area contributed by atoms with Crippen molar-refractivity contribution in [3.8, 4) is 0 Å². The highest BCUT2D eigenvalue weighted by Gasteiger charge is 2.19. The molecule has 1 aromatic carbocycles. The number of rotatable bonds is 3. The van der Waals surface area contributed by atoms with Gasteiger partial charge in [-0.15, -0.1) is 11.3 Å². The molecule has 0 atom stereocenters. The lowest BCUT2D eigenvalue weighted by molar-refractivity contribution is 0.0698. The molecule has 0 saturated heterocycles. The minimum absolute atomic E-state index is 0.00674. The number of nitrogens with one attached hydrogen (secondary N) is 1. The van der Waals surface area contributed by atoms with Gasteiger partial charge in [-0.25, -0.2) is 4.79 Å². The number of carbonyl (C=O) groups excluding carboxylic acids is 1. The van der Waals surface area contributed by atoms with Crippen molar-refractivity contribution in [1.82, 2.24) is 0 Å². The Kier molecular flexibility index (Phi) is 5.00. The number of hydrogen-bond acceptors (Lipinski definition) is 3. The maximum Gasteiger partial charge on any atom is 0.337 e. The summed E-state index contributed by atoms with van der Waals surface area (Å²) in [5, 5.41) is 13.6. The van der Waals surface area contributed by atoms with Gasteiger partial charge >= 0.3 is 5.97 Å². The van der Waals surface area contributed by atoms with Crippen molar-refractivity contribution in [2.45, 2.75) is 0 Å². The first-order chi connectivity index (χ1) is 9.40. The Hall–Kier alpha value is -0.700. The molecule has 0 spiro atoms. The van der Waals surface area contributed by atoms with Crippen LogP contribution in [0, 0.1) is 0 Å². The predicted molar refractivity (Wildman–Crippen MR) is 88.8 cm³/mol. The number of anilines is 1. The van der Waals surface area contributed by atoms with Crippen LogP contribution in [-0.2, 0) is 0 Å². The first-order valence-corrected chi connectivity index (χ1v) is 8.42. The zero-order valence-corrected chi connectivity index (χ0v) is 15.2. The van der Waals surface area contributed by atoms with E-state index in [0.29, 0.717) is 18.3 Å². The largest absolute Gasteiger partial charge is 0.478 e. The normalized spacial score (nSPS) is 10.3. The molecule has 0 aliphatic carbocycles. The first-order valence-electron chi connectivity index (χ1n) is 5.17. The fourth-order valence-corrected chi connectivity index (χ4v) is 4.27. The van der Waals surface area contributed by atoms with E-state index in [9.17, 15) is 14.7 Å². The Bertz CT molecular complexity index is 699. The molecule has 8 heteroatoms. The van der Waals surface area contributed by atoms with Crippen LogP contribution in [0.5, 0.6) is 0 Å². The SMILES string of the molecule is O=C(O)c1cc(Br)cc(Br)c1NC(=O)c1sccc1Br. The van der Waals surface area contributed by atoms with E-state index in [1.54, 1.807) is 17.5 Å². The van der Waals surface area contributed by atoms with Gasteiger partial charge in [0.25, 0.3) is 5.91 Å². The molecule has 104 valence electrons. The smallest absolute Gasteiger partial charge is 0.337 e. The summed E-state index contributed by atoms with van der Waals surface area (Å²) < 4.78 is 1.77. The van der Waals surface area contributed by atoms with Gasteiger partial charge in [0.2, 0.25) is 0 Å². The van der Waals surface area contributed by atoms with Crippen LogP contribution in [0.1, 0.15) is 20.0 Å². The van der Waals surface area contributed by atoms with E-state index < -0.39 is 5.97 Å². The molecule has 0 aliphatic rings. The summed E-state index contributed by atoms with van der Waals surface area (Å²) in [5.74, 6) is -1.48. The molecule has 1 amide bonds. The van der Waals surface area contributed by atoms with Crippen LogP contribution in [0.15, 0.2) is 37.0 Å². The Labute approximate surface area is 143 Å². The van der Waals surface area contributed by atoms with Crippen LogP contribution in [0.2, 0.25) is 0 Å². The highest BCUT2D eigenvalue weighted by atomic mass is 79.9. The molecule has 0 aliphatic heterocycles. The standard InChI is InChI=1S/C12H6Br3NO3S/c13-5-3-6(12(18)19)9(8(15)4-5)16-11(17)10-7(14)1-2-20-10/h1-4H,(H,16,17)(H,18,19). The van der Waals surface area contributed by atoms with Crippen LogP contribution < -0.4 is 5.32 Å². The van der Waals surface area contributed by atoms with E-state index in [2.05, 4.69) is 53.1 Å². The molecule has 0 fully saturated rings. The number of benzene rings is 1. The van der Waals surface area contributed by atoms with Crippen LogP contribution in [-0.4, -0.2) is 17.0 Å². The lowest BCUT2D eigenvalue weighted by Gasteiger charge is -2.11. The minimum atomic E-state index is -1.12. The zero-order valence-electron chi connectivity index (χ0n) is 9.62. The summed E-state index contributed by atoms with van der Waals surface area (Å²) in [7, 11) is 0. The van der Waals surface area contributed by atoms with Gasteiger partial charge in [-0.2, -0.15) is 0 Å². The van der Waals surface area contributed by atoms with Gasteiger partial charge < -0.3 is 10.4 Å². The topological polar surface area (TPSA) is 66.4 Å². The van der Waals surface area contributed by atoms with Gasteiger partial charge in [0, 0.05) is 13.4 Å². The Morgan fingerprint density at radius 3 is 2.40 bits per heavy atom. The third kappa shape index (κ3) is 3.30. The molecule has 0 bridgehead atoms. The van der Waals surface area contributed by atoms with Crippen molar-refractivity contribution in [2.24, 2.45) is 0 Å². The number of aromatic carboxylic acids is 1. The van der Waals surface area contributed by atoms with Gasteiger partial charge in [0.1, 0.15) is 4.88 Å². The lowest BCUT2D eigenvalue weighted by atomic mass is 10.2. The third-order valence-electron chi connectivity index (χ3n) is 2.35. The number of thiophene rings is 1. The highest BCUT2D eigenvalue weighted by Crippen LogP contribution is 2.32. The van der Waals surface area contributed by atoms with Crippen LogP contribution in [0.25, 0.3) is 0 Å². The molecular weight excluding hydrogens is 478 g/mol. The number of halogens is 3. The molecule has 0 unspecified atom stereocenters. The quantitative estimate of drug-likeness (QED) is 0.646. The molecule has 0 radical (unpaired) electrons. The minimum Gasteiger partial charge on any atom is -0.478 e. The summed E-state index contributed by atoms with van der Waals surface area (Å²) in [4.78, 5) is 23.9. The van der Waals surface area contributed by atoms with Crippen molar-refractivity contribution < 1.29 is 14.7 Å². The summed E-state index contributed by atoms with van der Waals surface area (Å²) in [6.45, 7) is 0. The monoisotopic (exact) mass is 481 g/mol. The zero-order chi connectivity index (χ0) is 14.9. The van der Waals surface area contributed by atoms with Gasteiger partial charge in [-0.3, -0.25) is 4.79 Å². The number of hydrogen-bond donors (Lipinski definition) is 2. The van der Waals surface area contributed by atoms with Crippen LogP contribution >= 0.6 is 59.1 Å². The summed E-state index contributed by atoms with van der Waals surface area (Å²) in [5.41, 5.74) is 0.235. The van der Waals surface area contributed by atoms with Gasteiger partial charge in [-0.1, -0.05) is 15.9 Å². The van der Waals surface area contributed by atoms with Crippen LogP contribution in [0.3, 0.4) is 0 Å². The average Bonchev–Trinajstić information content (AvgIpc) is 2.78. The fourth-order valence-electron chi connectivity index (χ4n) is 1.50. The van der Waals surface area contributed by atoms with Crippen molar-refractivity contribution in [2.75, 3.05) is 5.32 Å². The maximum absolute atomic E-state index is 12.2. The second-order valence-corrected chi connectivity index (χ2v) is 7.21. The second-order valence-electron chi connectivity index (χ2n) is 3.67. The lowest BCUT2D eigenvalue weighted by Crippen LogP contribution is -2.14. The molecule has 1 aromatic heterocycles. The Balaban J connectivity index is 2.41. The predicted octanol–water partition coefficient (Wildman–Crippen LogP) is 4.99. The number of carboxylic acid groups (broad SMARTS) is 1. The second kappa shape index (κ2) is 6.38. The van der Waals surface area contributed by atoms with E-state index in [1.165, 1.54) is 17.4 Å². The maximum atomic E-state index is 12.2.